The molecule has 2 aromatic heterocycles. The highest BCUT2D eigenvalue weighted by atomic mass is 16.1. The summed E-state index contributed by atoms with van der Waals surface area (Å²) in [7, 11) is 0. The topological polar surface area (TPSA) is 87.1 Å². The third-order valence-electron chi connectivity index (χ3n) is 5.26. The van der Waals surface area contributed by atoms with Gasteiger partial charge in [-0.1, -0.05) is 0 Å². The minimum atomic E-state index is -0.147. The predicted octanol–water partition coefficient (Wildman–Crippen LogP) is 0.0276. The Morgan fingerprint density at radius 3 is 2.65 bits per heavy atom. The number of piperazine rings is 1. The monoisotopic (exact) mass is 356 g/mol. The number of aromatic amines is 1. The number of aryl methyl sites for hydroxylation is 2. The molecule has 0 atom stereocenters. The molecule has 1 fully saturated rings. The van der Waals surface area contributed by atoms with Crippen molar-refractivity contribution >= 4 is 5.82 Å². The van der Waals surface area contributed by atoms with Crippen LogP contribution in [0.2, 0.25) is 0 Å². The van der Waals surface area contributed by atoms with Gasteiger partial charge in [0.25, 0.3) is 11.1 Å². The summed E-state index contributed by atoms with van der Waals surface area (Å²) >= 11 is 0. The molecule has 0 bridgehead atoms. The molecule has 2 aliphatic rings. The molecule has 0 amide bonds. The van der Waals surface area contributed by atoms with E-state index in [1.165, 1.54) is 0 Å². The number of fused-ring (bicyclic) bond motifs is 1. The Morgan fingerprint density at radius 2 is 1.85 bits per heavy atom. The zero-order valence-electron chi connectivity index (χ0n) is 14.9. The number of nitrogens with one attached hydrogen (secondary N) is 1. The van der Waals surface area contributed by atoms with Crippen molar-refractivity contribution < 1.29 is 0 Å². The number of H-pyrrole nitrogens is 1. The molecule has 1 aliphatic heterocycles. The smallest absolute Gasteiger partial charge is 0.290 e. The van der Waals surface area contributed by atoms with Crippen LogP contribution in [0.1, 0.15) is 24.1 Å². The number of aromatic nitrogens is 4. The summed E-state index contributed by atoms with van der Waals surface area (Å²) < 4.78 is 1.61. The standard InChI is InChI=1S/C18H24N6O2/c25-16-13-14-3-1-2-4-15(14)21-24(16)12-9-22-7-10-23(11-8-22)17-18(26)20-6-5-19-17/h5-6,13H,1-4,7-12H2,(H,20,26). The normalized spacial score (nSPS) is 17.9. The van der Waals surface area contributed by atoms with E-state index in [4.69, 9.17) is 0 Å². The average Bonchev–Trinajstić information content (AvgIpc) is 2.67. The molecule has 26 heavy (non-hydrogen) atoms. The van der Waals surface area contributed by atoms with Crippen LogP contribution in [0.15, 0.2) is 28.0 Å². The summed E-state index contributed by atoms with van der Waals surface area (Å²) in [5.74, 6) is 0.486. The third kappa shape index (κ3) is 3.55. The molecule has 1 aliphatic carbocycles. The first-order valence-electron chi connectivity index (χ1n) is 9.31. The maximum Gasteiger partial charge on any atom is 0.290 e. The van der Waals surface area contributed by atoms with E-state index in [0.717, 1.165) is 69.7 Å². The van der Waals surface area contributed by atoms with Crippen LogP contribution in [0, 0.1) is 0 Å². The van der Waals surface area contributed by atoms with Gasteiger partial charge in [-0.2, -0.15) is 5.10 Å². The fraction of sp³-hybridized carbons (Fsp3) is 0.556. The minimum absolute atomic E-state index is 0.00399. The van der Waals surface area contributed by atoms with Crippen LogP contribution in [-0.2, 0) is 19.4 Å². The summed E-state index contributed by atoms with van der Waals surface area (Å²) in [6.07, 6.45) is 7.43. The molecule has 0 saturated carbocycles. The van der Waals surface area contributed by atoms with E-state index in [1.54, 1.807) is 23.1 Å². The second-order valence-corrected chi connectivity index (χ2v) is 6.96. The first-order valence-corrected chi connectivity index (χ1v) is 9.31. The Balaban J connectivity index is 1.35. The maximum absolute atomic E-state index is 12.3. The Kier molecular flexibility index (Phi) is 4.83. The van der Waals surface area contributed by atoms with Crippen LogP contribution in [0.3, 0.4) is 0 Å². The summed E-state index contributed by atoms with van der Waals surface area (Å²) in [5, 5.41) is 4.58. The van der Waals surface area contributed by atoms with Crippen LogP contribution < -0.4 is 16.0 Å². The molecule has 0 unspecified atom stereocenters. The molecule has 8 heteroatoms. The van der Waals surface area contributed by atoms with Gasteiger partial charge in [0.15, 0.2) is 5.82 Å². The molecule has 3 heterocycles. The zero-order chi connectivity index (χ0) is 17.9. The fourth-order valence-corrected chi connectivity index (χ4v) is 3.75. The van der Waals surface area contributed by atoms with Gasteiger partial charge >= 0.3 is 0 Å². The van der Waals surface area contributed by atoms with Crippen molar-refractivity contribution in [2.75, 3.05) is 37.6 Å². The van der Waals surface area contributed by atoms with Crippen molar-refractivity contribution in [2.45, 2.75) is 32.2 Å². The van der Waals surface area contributed by atoms with E-state index in [1.807, 2.05) is 4.90 Å². The van der Waals surface area contributed by atoms with Crippen molar-refractivity contribution in [3.8, 4) is 0 Å². The highest BCUT2D eigenvalue weighted by Gasteiger charge is 2.20. The van der Waals surface area contributed by atoms with E-state index in [0.29, 0.717) is 12.4 Å². The molecule has 1 N–H and O–H groups in total. The lowest BCUT2D eigenvalue weighted by molar-refractivity contribution is 0.241. The minimum Gasteiger partial charge on any atom is -0.349 e. The quantitative estimate of drug-likeness (QED) is 0.832. The predicted molar refractivity (Wildman–Crippen MR) is 98.6 cm³/mol. The van der Waals surface area contributed by atoms with Gasteiger partial charge in [-0.25, -0.2) is 9.67 Å². The van der Waals surface area contributed by atoms with Crippen LogP contribution in [-0.4, -0.2) is 57.4 Å². The van der Waals surface area contributed by atoms with Gasteiger partial charge in [-0.15, -0.1) is 0 Å². The first-order chi connectivity index (χ1) is 12.7. The van der Waals surface area contributed by atoms with E-state index in [2.05, 4.69) is 20.0 Å². The molecule has 4 rings (SSSR count). The highest BCUT2D eigenvalue weighted by Crippen LogP contribution is 2.16. The molecule has 1 saturated heterocycles. The summed E-state index contributed by atoms with van der Waals surface area (Å²) in [6, 6.07) is 1.77. The maximum atomic E-state index is 12.3. The molecule has 138 valence electrons. The van der Waals surface area contributed by atoms with E-state index in [9.17, 15) is 9.59 Å². The molecule has 0 aromatic carbocycles. The van der Waals surface area contributed by atoms with Gasteiger partial charge in [0.2, 0.25) is 0 Å². The van der Waals surface area contributed by atoms with Gasteiger partial charge in [0, 0.05) is 51.2 Å². The average molecular weight is 356 g/mol. The SMILES string of the molecule is O=c1[nH]ccnc1N1CCN(CCn2nc3c(cc2=O)CCCC3)CC1. The summed E-state index contributed by atoms with van der Waals surface area (Å²) in [6.45, 7) is 4.60. The lowest BCUT2D eigenvalue weighted by Crippen LogP contribution is -2.49. The van der Waals surface area contributed by atoms with Crippen molar-refractivity contribution in [2.24, 2.45) is 0 Å². The van der Waals surface area contributed by atoms with Crippen LogP contribution >= 0.6 is 0 Å². The number of nitrogens with zero attached hydrogens (tertiary/aromatic N) is 5. The third-order valence-corrected chi connectivity index (χ3v) is 5.26. The Hall–Kier alpha value is -2.48. The summed E-state index contributed by atoms with van der Waals surface area (Å²) in [5.41, 5.74) is 2.08. The molecule has 2 aromatic rings. The van der Waals surface area contributed by atoms with Gasteiger partial charge in [0.1, 0.15) is 0 Å². The van der Waals surface area contributed by atoms with Gasteiger partial charge in [-0.3, -0.25) is 14.5 Å². The fourth-order valence-electron chi connectivity index (χ4n) is 3.75. The highest BCUT2D eigenvalue weighted by molar-refractivity contribution is 5.35. The largest absolute Gasteiger partial charge is 0.349 e. The molecular weight excluding hydrogens is 332 g/mol. The lowest BCUT2D eigenvalue weighted by Gasteiger charge is -2.34. The van der Waals surface area contributed by atoms with Crippen LogP contribution in [0.4, 0.5) is 5.82 Å². The number of anilines is 1. The van der Waals surface area contributed by atoms with Crippen molar-refractivity contribution in [1.82, 2.24) is 24.6 Å². The molecule has 0 spiro atoms. The lowest BCUT2D eigenvalue weighted by atomic mass is 9.97. The Morgan fingerprint density at radius 1 is 1.04 bits per heavy atom. The van der Waals surface area contributed by atoms with Crippen LogP contribution in [0.5, 0.6) is 0 Å². The number of hydrogen-bond acceptors (Lipinski definition) is 6. The molecule has 0 radical (unpaired) electrons. The Bertz CT molecular complexity index is 882. The van der Waals surface area contributed by atoms with E-state index < -0.39 is 0 Å². The molecular formula is C18H24N6O2. The number of hydrogen-bond donors (Lipinski definition) is 1. The van der Waals surface area contributed by atoms with E-state index >= 15 is 0 Å². The zero-order valence-corrected chi connectivity index (χ0v) is 14.9. The van der Waals surface area contributed by atoms with Crippen molar-refractivity contribution in [3.05, 3.63) is 50.4 Å². The van der Waals surface area contributed by atoms with Crippen molar-refractivity contribution in [3.63, 3.8) is 0 Å². The first kappa shape index (κ1) is 17.0. The van der Waals surface area contributed by atoms with Gasteiger partial charge < -0.3 is 9.88 Å². The number of rotatable bonds is 4. The Labute approximate surface area is 151 Å². The van der Waals surface area contributed by atoms with E-state index in [-0.39, 0.29) is 11.1 Å². The van der Waals surface area contributed by atoms with Gasteiger partial charge in [-0.05, 0) is 31.2 Å². The summed E-state index contributed by atoms with van der Waals surface area (Å²) in [4.78, 5) is 35.3. The second kappa shape index (κ2) is 7.41. The molecule has 8 nitrogen and oxygen atoms in total. The van der Waals surface area contributed by atoms with Crippen molar-refractivity contribution in [1.29, 1.82) is 0 Å². The van der Waals surface area contributed by atoms with Gasteiger partial charge in [0.05, 0.1) is 12.2 Å². The van der Waals surface area contributed by atoms with Crippen LogP contribution in [0.25, 0.3) is 0 Å². The second-order valence-electron chi connectivity index (χ2n) is 6.96.